The number of nitrogens with zero attached hydrogens (tertiary/aromatic N) is 2. The molecule has 1 heterocycles. The number of halogens is 1. The van der Waals surface area contributed by atoms with E-state index in [1.165, 1.54) is 0 Å². The predicted octanol–water partition coefficient (Wildman–Crippen LogP) is 3.38. The number of aromatic nitrogens is 2. The Balaban J connectivity index is 2.58. The van der Waals surface area contributed by atoms with E-state index in [2.05, 4.69) is 16.5 Å². The van der Waals surface area contributed by atoms with E-state index in [-0.39, 0.29) is 6.04 Å². The Morgan fingerprint density at radius 2 is 2.21 bits per heavy atom. The number of hydrogen-bond donors (Lipinski definition) is 0. The Bertz CT molecular complexity index is 554. The van der Waals surface area contributed by atoms with Crippen molar-refractivity contribution in [2.24, 2.45) is 0 Å². The van der Waals surface area contributed by atoms with Crippen LogP contribution in [0.15, 0.2) is 18.2 Å². The summed E-state index contributed by atoms with van der Waals surface area (Å²) in [5.74, 6) is 2.01. The lowest BCUT2D eigenvalue weighted by atomic mass is 10.2. The average Bonchev–Trinajstić information content (AvgIpc) is 2.79. The molecule has 4 nitrogen and oxygen atoms in total. The number of imidazole rings is 1. The van der Waals surface area contributed by atoms with Gasteiger partial charge in [-0.25, -0.2) is 4.98 Å². The first-order valence-electron chi connectivity index (χ1n) is 6.40. The maximum absolute atomic E-state index is 6.01. The van der Waals surface area contributed by atoms with Crippen LogP contribution in [-0.4, -0.2) is 29.9 Å². The second-order valence-corrected chi connectivity index (χ2v) is 4.66. The average molecular weight is 283 g/mol. The molecular formula is C14H19ClN2O2. The van der Waals surface area contributed by atoms with Gasteiger partial charge in [-0.3, -0.25) is 0 Å². The molecule has 0 bridgehead atoms. The molecule has 19 heavy (non-hydrogen) atoms. The van der Waals surface area contributed by atoms with Gasteiger partial charge in [-0.2, -0.15) is 0 Å². The van der Waals surface area contributed by atoms with Crippen molar-refractivity contribution in [2.45, 2.75) is 25.8 Å². The quantitative estimate of drug-likeness (QED) is 0.762. The van der Waals surface area contributed by atoms with Gasteiger partial charge in [0, 0.05) is 7.11 Å². The summed E-state index contributed by atoms with van der Waals surface area (Å²) in [5.41, 5.74) is 1.90. The molecule has 0 radical (unpaired) electrons. The monoisotopic (exact) mass is 282 g/mol. The zero-order valence-corrected chi connectivity index (χ0v) is 12.3. The topological polar surface area (TPSA) is 36.3 Å². The van der Waals surface area contributed by atoms with Gasteiger partial charge in [-0.05, 0) is 26.0 Å². The van der Waals surface area contributed by atoms with E-state index in [1.54, 1.807) is 7.11 Å². The number of alkyl halides is 1. The summed E-state index contributed by atoms with van der Waals surface area (Å²) in [6.45, 7) is 5.30. The number of fused-ring (bicyclic) bond motifs is 1. The van der Waals surface area contributed by atoms with E-state index in [0.717, 1.165) is 22.6 Å². The molecule has 5 heteroatoms. The van der Waals surface area contributed by atoms with Gasteiger partial charge in [0.15, 0.2) is 0 Å². The maximum atomic E-state index is 6.01. The van der Waals surface area contributed by atoms with Crippen LogP contribution < -0.4 is 4.74 Å². The third-order valence-corrected chi connectivity index (χ3v) is 3.26. The lowest BCUT2D eigenvalue weighted by molar-refractivity contribution is 0.163. The van der Waals surface area contributed by atoms with Crippen LogP contribution in [0.1, 0.15) is 25.7 Å². The number of hydrogen-bond acceptors (Lipinski definition) is 3. The molecule has 104 valence electrons. The van der Waals surface area contributed by atoms with E-state index in [9.17, 15) is 0 Å². The van der Waals surface area contributed by atoms with Gasteiger partial charge in [-0.1, -0.05) is 6.07 Å². The fraction of sp³-hybridized carbons (Fsp3) is 0.500. The van der Waals surface area contributed by atoms with Gasteiger partial charge in [0.1, 0.15) is 17.1 Å². The minimum atomic E-state index is 0.181. The lowest BCUT2D eigenvalue weighted by Crippen LogP contribution is -2.13. The van der Waals surface area contributed by atoms with E-state index in [4.69, 9.17) is 21.1 Å². The smallest absolute Gasteiger partial charge is 0.147 e. The molecule has 0 saturated heterocycles. The first-order valence-corrected chi connectivity index (χ1v) is 6.93. The van der Waals surface area contributed by atoms with Crippen molar-refractivity contribution in [1.29, 1.82) is 0 Å². The minimum absolute atomic E-state index is 0.181. The fourth-order valence-electron chi connectivity index (χ4n) is 2.31. The van der Waals surface area contributed by atoms with Gasteiger partial charge in [0.25, 0.3) is 0 Å². The van der Waals surface area contributed by atoms with Crippen molar-refractivity contribution in [3.63, 3.8) is 0 Å². The molecule has 0 aliphatic rings. The first-order chi connectivity index (χ1) is 9.22. The van der Waals surface area contributed by atoms with Crippen LogP contribution in [0.25, 0.3) is 11.0 Å². The second kappa shape index (κ2) is 6.26. The van der Waals surface area contributed by atoms with Gasteiger partial charge < -0.3 is 14.0 Å². The highest BCUT2D eigenvalue weighted by Crippen LogP contribution is 2.29. The predicted molar refractivity (Wildman–Crippen MR) is 77.0 cm³/mol. The molecule has 1 atom stereocenters. The summed E-state index contributed by atoms with van der Waals surface area (Å²) in [5, 5.41) is 0. The van der Waals surface area contributed by atoms with Crippen molar-refractivity contribution in [3.8, 4) is 5.75 Å². The summed E-state index contributed by atoms with van der Waals surface area (Å²) < 4.78 is 13.0. The highest BCUT2D eigenvalue weighted by molar-refractivity contribution is 6.16. The van der Waals surface area contributed by atoms with Crippen LogP contribution in [-0.2, 0) is 10.6 Å². The molecule has 1 aromatic carbocycles. The van der Waals surface area contributed by atoms with Crippen LogP contribution in [0.3, 0.4) is 0 Å². The Morgan fingerprint density at radius 3 is 2.84 bits per heavy atom. The first kappa shape index (κ1) is 14.2. The lowest BCUT2D eigenvalue weighted by Gasteiger charge is -2.16. The molecule has 1 aromatic heterocycles. The second-order valence-electron chi connectivity index (χ2n) is 4.39. The number of methoxy groups -OCH3 is 1. The zero-order valence-electron chi connectivity index (χ0n) is 11.5. The highest BCUT2D eigenvalue weighted by atomic mass is 35.5. The summed E-state index contributed by atoms with van der Waals surface area (Å²) >= 11 is 6.01. The van der Waals surface area contributed by atoms with E-state index in [0.29, 0.717) is 19.1 Å². The Hall–Kier alpha value is -1.26. The molecule has 0 spiro atoms. The van der Waals surface area contributed by atoms with Gasteiger partial charge in [-0.15, -0.1) is 11.6 Å². The van der Waals surface area contributed by atoms with E-state index < -0.39 is 0 Å². The van der Waals surface area contributed by atoms with Crippen LogP contribution >= 0.6 is 11.6 Å². The number of rotatable bonds is 6. The summed E-state index contributed by atoms with van der Waals surface area (Å²) in [6.07, 6.45) is 0. The van der Waals surface area contributed by atoms with Crippen LogP contribution in [0.2, 0.25) is 0 Å². The summed E-state index contributed by atoms with van der Waals surface area (Å²) in [4.78, 5) is 4.60. The molecule has 0 saturated carbocycles. The SMILES string of the molecule is CCOc1cccc2c1nc(CCl)n2C(C)COC. The number of para-hydroxylation sites is 1. The molecule has 0 aliphatic carbocycles. The van der Waals surface area contributed by atoms with Crippen molar-refractivity contribution in [1.82, 2.24) is 9.55 Å². The number of benzene rings is 1. The van der Waals surface area contributed by atoms with Crippen molar-refractivity contribution >= 4 is 22.6 Å². The Kier molecular flexibility index (Phi) is 4.66. The van der Waals surface area contributed by atoms with Crippen molar-refractivity contribution in [3.05, 3.63) is 24.0 Å². The van der Waals surface area contributed by atoms with Crippen molar-refractivity contribution in [2.75, 3.05) is 20.3 Å². The van der Waals surface area contributed by atoms with Gasteiger partial charge in [0.05, 0.1) is 30.7 Å². The highest BCUT2D eigenvalue weighted by Gasteiger charge is 2.17. The fourth-order valence-corrected chi connectivity index (χ4v) is 2.50. The van der Waals surface area contributed by atoms with Gasteiger partial charge >= 0.3 is 0 Å². The van der Waals surface area contributed by atoms with Crippen molar-refractivity contribution < 1.29 is 9.47 Å². The van der Waals surface area contributed by atoms with Crippen LogP contribution in [0.4, 0.5) is 0 Å². The molecular weight excluding hydrogens is 264 g/mol. The molecule has 1 unspecified atom stereocenters. The maximum Gasteiger partial charge on any atom is 0.147 e. The summed E-state index contributed by atoms with van der Waals surface area (Å²) in [6, 6.07) is 6.12. The largest absolute Gasteiger partial charge is 0.492 e. The zero-order chi connectivity index (χ0) is 13.8. The third-order valence-electron chi connectivity index (χ3n) is 3.02. The Labute approximate surface area is 118 Å². The molecule has 0 N–H and O–H groups in total. The molecule has 2 rings (SSSR count). The number of ether oxygens (including phenoxy) is 2. The van der Waals surface area contributed by atoms with E-state index >= 15 is 0 Å². The van der Waals surface area contributed by atoms with E-state index in [1.807, 2.05) is 25.1 Å². The molecule has 0 amide bonds. The standard InChI is InChI=1S/C14H19ClN2O2/c1-4-19-12-7-5-6-11-14(12)16-13(8-15)17(11)10(2)9-18-3/h5-7,10H,4,8-9H2,1-3H3. The normalized spacial score (nSPS) is 12.8. The molecule has 0 fully saturated rings. The van der Waals surface area contributed by atoms with Crippen LogP contribution in [0.5, 0.6) is 5.75 Å². The van der Waals surface area contributed by atoms with Crippen LogP contribution in [0, 0.1) is 0 Å². The molecule has 0 aliphatic heterocycles. The third kappa shape index (κ3) is 2.69. The summed E-state index contributed by atoms with van der Waals surface area (Å²) in [7, 11) is 1.70. The minimum Gasteiger partial charge on any atom is -0.492 e. The van der Waals surface area contributed by atoms with Gasteiger partial charge in [0.2, 0.25) is 0 Å². The molecule has 2 aromatic rings. The Morgan fingerprint density at radius 1 is 1.42 bits per heavy atom.